The third-order valence-corrected chi connectivity index (χ3v) is 2.82. The zero-order chi connectivity index (χ0) is 13.8. The summed E-state index contributed by atoms with van der Waals surface area (Å²) in [5.74, 6) is -0.934. The van der Waals surface area contributed by atoms with Gasteiger partial charge in [0, 0.05) is 18.9 Å². The average Bonchev–Trinajstić information content (AvgIpc) is 2.41. The molecule has 1 aliphatic heterocycles. The molecule has 2 heterocycles. The molecule has 1 saturated heterocycles. The molecule has 0 unspecified atom stereocenters. The van der Waals surface area contributed by atoms with Crippen LogP contribution in [0.2, 0.25) is 0 Å². The molecule has 1 aliphatic rings. The van der Waals surface area contributed by atoms with E-state index in [0.717, 1.165) is 0 Å². The van der Waals surface area contributed by atoms with Crippen LogP contribution in [-0.2, 0) is 9.59 Å². The van der Waals surface area contributed by atoms with Crippen molar-refractivity contribution in [3.05, 3.63) is 48.3 Å². The highest BCUT2D eigenvalue weighted by molar-refractivity contribution is 7.80. The molecular formula is C13H11N3O2S. The SMILES string of the molecule is C=CCN1C(=O)/C(=C/c2cccnc2)C(=O)NC1=S. The molecule has 19 heavy (non-hydrogen) atoms. The van der Waals surface area contributed by atoms with Crippen LogP contribution in [-0.4, -0.2) is 33.4 Å². The van der Waals surface area contributed by atoms with E-state index in [1.54, 1.807) is 30.6 Å². The molecular weight excluding hydrogens is 262 g/mol. The first kappa shape index (κ1) is 13.1. The Morgan fingerprint density at radius 3 is 2.89 bits per heavy atom. The maximum atomic E-state index is 12.2. The van der Waals surface area contributed by atoms with E-state index >= 15 is 0 Å². The van der Waals surface area contributed by atoms with Gasteiger partial charge in [0.15, 0.2) is 5.11 Å². The van der Waals surface area contributed by atoms with Gasteiger partial charge in [-0.05, 0) is 29.9 Å². The van der Waals surface area contributed by atoms with Crippen molar-refractivity contribution in [3.8, 4) is 0 Å². The number of rotatable bonds is 3. The van der Waals surface area contributed by atoms with Crippen molar-refractivity contribution in [2.24, 2.45) is 0 Å². The van der Waals surface area contributed by atoms with Gasteiger partial charge in [0.2, 0.25) is 0 Å². The highest BCUT2D eigenvalue weighted by Gasteiger charge is 2.32. The van der Waals surface area contributed by atoms with Crippen molar-refractivity contribution in [2.75, 3.05) is 6.54 Å². The molecule has 0 aromatic carbocycles. The van der Waals surface area contributed by atoms with Crippen molar-refractivity contribution in [2.45, 2.75) is 0 Å². The van der Waals surface area contributed by atoms with Crippen LogP contribution in [0, 0.1) is 0 Å². The summed E-state index contributed by atoms with van der Waals surface area (Å²) in [6.45, 7) is 3.81. The van der Waals surface area contributed by atoms with Gasteiger partial charge in [0.1, 0.15) is 5.57 Å². The minimum atomic E-state index is -0.501. The van der Waals surface area contributed by atoms with Crippen LogP contribution in [0.3, 0.4) is 0 Å². The number of nitrogens with one attached hydrogen (secondary N) is 1. The first-order valence-electron chi connectivity index (χ1n) is 5.53. The van der Waals surface area contributed by atoms with Gasteiger partial charge >= 0.3 is 0 Å². The van der Waals surface area contributed by atoms with Gasteiger partial charge in [0.25, 0.3) is 11.8 Å². The number of nitrogens with zero attached hydrogens (tertiary/aromatic N) is 2. The molecule has 1 aromatic rings. The third kappa shape index (κ3) is 2.74. The second-order valence-corrected chi connectivity index (χ2v) is 4.19. The van der Waals surface area contributed by atoms with E-state index in [4.69, 9.17) is 12.2 Å². The Morgan fingerprint density at radius 1 is 1.47 bits per heavy atom. The number of carbonyl (C=O) groups excluding carboxylic acids is 2. The fourth-order valence-electron chi connectivity index (χ4n) is 1.62. The van der Waals surface area contributed by atoms with E-state index in [9.17, 15) is 9.59 Å². The molecule has 5 nitrogen and oxygen atoms in total. The Bertz CT molecular complexity index is 581. The lowest BCUT2D eigenvalue weighted by Crippen LogP contribution is -2.53. The summed E-state index contributed by atoms with van der Waals surface area (Å²) in [5, 5.41) is 2.57. The summed E-state index contributed by atoms with van der Waals surface area (Å²) in [6.07, 6.45) is 6.22. The van der Waals surface area contributed by atoms with Gasteiger partial charge in [-0.15, -0.1) is 6.58 Å². The van der Waals surface area contributed by atoms with E-state index in [0.29, 0.717) is 5.56 Å². The Morgan fingerprint density at radius 2 is 2.26 bits per heavy atom. The van der Waals surface area contributed by atoms with E-state index in [2.05, 4.69) is 16.9 Å². The highest BCUT2D eigenvalue weighted by Crippen LogP contribution is 2.13. The lowest BCUT2D eigenvalue weighted by atomic mass is 10.1. The molecule has 1 N–H and O–H groups in total. The van der Waals surface area contributed by atoms with Gasteiger partial charge in [-0.25, -0.2) is 0 Å². The summed E-state index contributed by atoms with van der Waals surface area (Å²) >= 11 is 4.95. The summed E-state index contributed by atoms with van der Waals surface area (Å²) in [7, 11) is 0. The van der Waals surface area contributed by atoms with Crippen molar-refractivity contribution in [1.29, 1.82) is 0 Å². The molecule has 0 bridgehead atoms. The molecule has 96 valence electrons. The number of hydrogen-bond acceptors (Lipinski definition) is 4. The van der Waals surface area contributed by atoms with Crippen molar-refractivity contribution in [3.63, 3.8) is 0 Å². The molecule has 1 fully saturated rings. The zero-order valence-corrected chi connectivity index (χ0v) is 10.8. The highest BCUT2D eigenvalue weighted by atomic mass is 32.1. The average molecular weight is 273 g/mol. The van der Waals surface area contributed by atoms with Crippen molar-refractivity contribution >= 4 is 35.2 Å². The molecule has 0 aliphatic carbocycles. The van der Waals surface area contributed by atoms with E-state index in [1.165, 1.54) is 11.0 Å². The van der Waals surface area contributed by atoms with Gasteiger partial charge in [0.05, 0.1) is 0 Å². The van der Waals surface area contributed by atoms with Gasteiger partial charge in [-0.2, -0.15) is 0 Å². The molecule has 6 heteroatoms. The quantitative estimate of drug-likeness (QED) is 0.384. The lowest BCUT2D eigenvalue weighted by Gasteiger charge is -2.27. The number of pyridine rings is 1. The molecule has 2 rings (SSSR count). The number of aromatic nitrogens is 1. The third-order valence-electron chi connectivity index (χ3n) is 2.49. The fraction of sp³-hybridized carbons (Fsp3) is 0.0769. The maximum absolute atomic E-state index is 12.2. The van der Waals surface area contributed by atoms with Gasteiger partial charge in [-0.3, -0.25) is 24.8 Å². The topological polar surface area (TPSA) is 62.3 Å². The van der Waals surface area contributed by atoms with E-state index in [1.807, 2.05) is 0 Å². The Hall–Kier alpha value is -2.34. The van der Waals surface area contributed by atoms with Crippen molar-refractivity contribution < 1.29 is 9.59 Å². The smallest absolute Gasteiger partial charge is 0.265 e. The number of carbonyl (C=O) groups is 2. The lowest BCUT2D eigenvalue weighted by molar-refractivity contribution is -0.128. The van der Waals surface area contributed by atoms with Crippen LogP contribution < -0.4 is 5.32 Å². The van der Waals surface area contributed by atoms with Crippen LogP contribution in [0.5, 0.6) is 0 Å². The van der Waals surface area contributed by atoms with Gasteiger partial charge < -0.3 is 0 Å². The van der Waals surface area contributed by atoms with Crippen LogP contribution in [0.4, 0.5) is 0 Å². The standard InChI is InChI=1S/C13H11N3O2S/c1-2-6-16-12(18)10(11(17)15-13(16)19)7-9-4-3-5-14-8-9/h2-5,7-8H,1,6H2,(H,15,17,19)/b10-7+. The molecule has 0 radical (unpaired) electrons. The summed E-state index contributed by atoms with van der Waals surface area (Å²) in [6, 6.07) is 3.48. The largest absolute Gasteiger partial charge is 0.298 e. The molecule has 0 saturated carbocycles. The molecule has 1 aromatic heterocycles. The molecule has 0 spiro atoms. The van der Waals surface area contributed by atoms with E-state index < -0.39 is 11.8 Å². The Kier molecular flexibility index (Phi) is 3.82. The van der Waals surface area contributed by atoms with E-state index in [-0.39, 0.29) is 17.2 Å². The molecule has 2 amide bonds. The Labute approximate surface area is 115 Å². The second kappa shape index (κ2) is 5.53. The van der Waals surface area contributed by atoms with Crippen LogP contribution in [0.1, 0.15) is 5.56 Å². The summed E-state index contributed by atoms with van der Waals surface area (Å²) < 4.78 is 0. The summed E-state index contributed by atoms with van der Waals surface area (Å²) in [4.78, 5) is 29.2. The minimum Gasteiger partial charge on any atom is -0.298 e. The van der Waals surface area contributed by atoms with Crippen LogP contribution in [0.25, 0.3) is 6.08 Å². The molecule has 0 atom stereocenters. The number of amides is 2. The fourth-order valence-corrected chi connectivity index (χ4v) is 1.87. The number of hydrogen-bond donors (Lipinski definition) is 1. The first-order chi connectivity index (χ1) is 9.13. The zero-order valence-electron chi connectivity index (χ0n) is 10.00. The van der Waals surface area contributed by atoms with Crippen molar-refractivity contribution in [1.82, 2.24) is 15.2 Å². The minimum absolute atomic E-state index is 0.0310. The maximum Gasteiger partial charge on any atom is 0.265 e. The normalized spacial score (nSPS) is 17.6. The van der Waals surface area contributed by atoms with Gasteiger partial charge in [-0.1, -0.05) is 12.1 Å². The Balaban J connectivity index is 2.36. The predicted molar refractivity (Wildman–Crippen MR) is 74.9 cm³/mol. The van der Waals surface area contributed by atoms with Crippen LogP contribution >= 0.6 is 12.2 Å². The first-order valence-corrected chi connectivity index (χ1v) is 5.94. The number of thiocarbonyl (C=S) groups is 1. The predicted octanol–water partition coefficient (Wildman–Crippen LogP) is 0.894. The second-order valence-electron chi connectivity index (χ2n) is 3.81. The monoisotopic (exact) mass is 273 g/mol. The summed E-state index contributed by atoms with van der Waals surface area (Å²) in [5.41, 5.74) is 0.704. The van der Waals surface area contributed by atoms with Crippen LogP contribution in [0.15, 0.2) is 42.8 Å².